The number of hydrogen-bond donors (Lipinski definition) is 0. The van der Waals surface area contributed by atoms with Gasteiger partial charge in [0.25, 0.3) is 0 Å². The van der Waals surface area contributed by atoms with Crippen molar-refractivity contribution in [2.24, 2.45) is 5.92 Å². The number of piperidine rings is 1. The summed E-state index contributed by atoms with van der Waals surface area (Å²) in [7, 11) is 4.24. The van der Waals surface area contributed by atoms with Gasteiger partial charge in [-0.05, 0) is 51.1 Å². The van der Waals surface area contributed by atoms with Gasteiger partial charge in [0.1, 0.15) is 0 Å². The number of aldehydes is 1. The van der Waals surface area contributed by atoms with E-state index in [0.717, 1.165) is 37.5 Å². The lowest BCUT2D eigenvalue weighted by Crippen LogP contribution is -2.37. The zero-order valence-corrected chi connectivity index (χ0v) is 12.4. The van der Waals surface area contributed by atoms with Gasteiger partial charge in [-0.3, -0.25) is 4.79 Å². The number of nitrogens with zero attached hydrogens (tertiary/aromatic N) is 2. The van der Waals surface area contributed by atoms with Gasteiger partial charge in [-0.25, -0.2) is 0 Å². The fourth-order valence-electron chi connectivity index (χ4n) is 2.78. The molecule has 0 aromatic heterocycles. The minimum atomic E-state index is 0.619. The summed E-state index contributed by atoms with van der Waals surface area (Å²) in [4.78, 5) is 15.7. The first kappa shape index (κ1) is 14.4. The Bertz CT molecular complexity index is 440. The van der Waals surface area contributed by atoms with E-state index in [0.29, 0.717) is 10.6 Å². The Morgan fingerprint density at radius 1 is 1.37 bits per heavy atom. The number of hydrogen-bond acceptors (Lipinski definition) is 3. The van der Waals surface area contributed by atoms with Crippen molar-refractivity contribution < 1.29 is 4.79 Å². The molecular weight excluding hydrogens is 260 g/mol. The molecule has 1 heterocycles. The third-order valence-electron chi connectivity index (χ3n) is 3.70. The van der Waals surface area contributed by atoms with Crippen LogP contribution in [-0.4, -0.2) is 44.9 Å². The first-order valence-corrected chi connectivity index (χ1v) is 7.12. The summed E-state index contributed by atoms with van der Waals surface area (Å²) < 4.78 is 0. The van der Waals surface area contributed by atoms with Crippen molar-refractivity contribution in [3.63, 3.8) is 0 Å². The Hall–Kier alpha value is -1.06. The van der Waals surface area contributed by atoms with Crippen LogP contribution in [0.2, 0.25) is 5.02 Å². The smallest absolute Gasteiger partial charge is 0.152 e. The van der Waals surface area contributed by atoms with Crippen LogP contribution in [0.25, 0.3) is 0 Å². The Morgan fingerprint density at radius 3 is 2.63 bits per heavy atom. The van der Waals surface area contributed by atoms with E-state index in [-0.39, 0.29) is 0 Å². The molecule has 1 fully saturated rings. The molecule has 1 aromatic carbocycles. The zero-order valence-electron chi connectivity index (χ0n) is 11.6. The molecule has 0 atom stereocenters. The fraction of sp³-hybridized carbons (Fsp3) is 0.533. The third-order valence-corrected chi connectivity index (χ3v) is 3.93. The van der Waals surface area contributed by atoms with Gasteiger partial charge < -0.3 is 9.80 Å². The predicted molar refractivity (Wildman–Crippen MR) is 80.3 cm³/mol. The average molecular weight is 281 g/mol. The summed E-state index contributed by atoms with van der Waals surface area (Å²) in [6.45, 7) is 3.18. The van der Waals surface area contributed by atoms with E-state index in [9.17, 15) is 4.79 Å². The van der Waals surface area contributed by atoms with Gasteiger partial charge in [0, 0.05) is 35.9 Å². The van der Waals surface area contributed by atoms with Crippen molar-refractivity contribution in [1.82, 2.24) is 4.90 Å². The number of anilines is 1. The van der Waals surface area contributed by atoms with Crippen LogP contribution in [0.15, 0.2) is 18.2 Å². The molecule has 1 aromatic rings. The highest BCUT2D eigenvalue weighted by Gasteiger charge is 2.21. The molecule has 0 N–H and O–H groups in total. The van der Waals surface area contributed by atoms with Crippen LogP contribution in [-0.2, 0) is 0 Å². The molecule has 1 saturated heterocycles. The minimum absolute atomic E-state index is 0.619. The van der Waals surface area contributed by atoms with Gasteiger partial charge in [0.2, 0.25) is 0 Å². The summed E-state index contributed by atoms with van der Waals surface area (Å²) >= 11 is 5.93. The molecule has 4 heteroatoms. The van der Waals surface area contributed by atoms with Crippen molar-refractivity contribution in [3.8, 4) is 0 Å². The van der Waals surface area contributed by atoms with Gasteiger partial charge >= 0.3 is 0 Å². The Labute approximate surface area is 120 Å². The highest BCUT2D eigenvalue weighted by atomic mass is 35.5. The maximum absolute atomic E-state index is 11.1. The first-order chi connectivity index (χ1) is 9.10. The van der Waals surface area contributed by atoms with Crippen LogP contribution >= 0.6 is 11.6 Å². The Morgan fingerprint density at radius 2 is 2.05 bits per heavy atom. The largest absolute Gasteiger partial charge is 0.371 e. The van der Waals surface area contributed by atoms with Crippen LogP contribution < -0.4 is 4.90 Å². The topological polar surface area (TPSA) is 23.6 Å². The lowest BCUT2D eigenvalue weighted by atomic mass is 9.95. The standard InChI is InChI=1S/C15H21ClN2O/c1-17(2)10-12-5-7-18(8-6-12)15-4-3-14(16)9-13(15)11-19/h3-4,9,11-12H,5-8,10H2,1-2H3. The molecule has 0 radical (unpaired) electrons. The van der Waals surface area contributed by atoms with E-state index in [1.165, 1.54) is 12.8 Å². The molecule has 0 saturated carbocycles. The van der Waals surface area contributed by atoms with Crippen molar-refractivity contribution in [2.75, 3.05) is 38.6 Å². The lowest BCUT2D eigenvalue weighted by Gasteiger charge is -2.35. The van der Waals surface area contributed by atoms with E-state index < -0.39 is 0 Å². The second kappa shape index (κ2) is 6.40. The minimum Gasteiger partial charge on any atom is -0.371 e. The van der Waals surface area contributed by atoms with E-state index in [1.54, 1.807) is 6.07 Å². The van der Waals surface area contributed by atoms with Crippen LogP contribution in [0, 0.1) is 5.92 Å². The SMILES string of the molecule is CN(C)CC1CCN(c2ccc(Cl)cc2C=O)CC1. The quantitative estimate of drug-likeness (QED) is 0.793. The van der Waals surface area contributed by atoms with E-state index in [2.05, 4.69) is 23.9 Å². The van der Waals surface area contributed by atoms with Crippen molar-refractivity contribution in [1.29, 1.82) is 0 Å². The van der Waals surface area contributed by atoms with Crippen molar-refractivity contribution >= 4 is 23.6 Å². The second-order valence-corrected chi connectivity index (χ2v) is 5.95. The highest BCUT2D eigenvalue weighted by molar-refractivity contribution is 6.31. The Kier molecular flexibility index (Phi) is 4.83. The summed E-state index contributed by atoms with van der Waals surface area (Å²) in [6.07, 6.45) is 3.26. The summed E-state index contributed by atoms with van der Waals surface area (Å²) in [5, 5.41) is 0.619. The lowest BCUT2D eigenvalue weighted by molar-refractivity contribution is 0.112. The van der Waals surface area contributed by atoms with E-state index in [1.807, 2.05) is 12.1 Å². The predicted octanol–water partition coefficient (Wildman–Crippen LogP) is 2.93. The number of benzene rings is 1. The van der Waals surface area contributed by atoms with Gasteiger partial charge in [-0.1, -0.05) is 11.6 Å². The number of halogens is 1. The van der Waals surface area contributed by atoms with Gasteiger partial charge in [0.05, 0.1) is 0 Å². The normalized spacial score (nSPS) is 16.9. The first-order valence-electron chi connectivity index (χ1n) is 6.74. The molecule has 104 valence electrons. The molecule has 0 aliphatic carbocycles. The van der Waals surface area contributed by atoms with Gasteiger partial charge in [-0.2, -0.15) is 0 Å². The molecule has 19 heavy (non-hydrogen) atoms. The van der Waals surface area contributed by atoms with Crippen LogP contribution in [0.3, 0.4) is 0 Å². The van der Waals surface area contributed by atoms with E-state index in [4.69, 9.17) is 11.6 Å². The second-order valence-electron chi connectivity index (χ2n) is 5.51. The molecule has 2 rings (SSSR count). The van der Waals surface area contributed by atoms with Crippen molar-refractivity contribution in [2.45, 2.75) is 12.8 Å². The molecule has 0 spiro atoms. The molecule has 0 amide bonds. The Balaban J connectivity index is 2.03. The van der Waals surface area contributed by atoms with Crippen LogP contribution in [0.1, 0.15) is 23.2 Å². The summed E-state index contributed by atoms with van der Waals surface area (Å²) in [5.74, 6) is 0.762. The summed E-state index contributed by atoms with van der Waals surface area (Å²) in [5.41, 5.74) is 1.71. The highest BCUT2D eigenvalue weighted by Crippen LogP contribution is 2.27. The average Bonchev–Trinajstić information content (AvgIpc) is 2.39. The van der Waals surface area contributed by atoms with Crippen LogP contribution in [0.5, 0.6) is 0 Å². The van der Waals surface area contributed by atoms with Gasteiger partial charge in [0.15, 0.2) is 6.29 Å². The number of rotatable bonds is 4. The molecule has 3 nitrogen and oxygen atoms in total. The van der Waals surface area contributed by atoms with Crippen molar-refractivity contribution in [3.05, 3.63) is 28.8 Å². The molecule has 1 aliphatic heterocycles. The maximum atomic E-state index is 11.1. The monoisotopic (exact) mass is 280 g/mol. The van der Waals surface area contributed by atoms with Crippen LogP contribution in [0.4, 0.5) is 5.69 Å². The number of carbonyl (C=O) groups excluding carboxylic acids is 1. The summed E-state index contributed by atoms with van der Waals surface area (Å²) in [6, 6.07) is 5.56. The molecular formula is C15H21ClN2O. The number of carbonyl (C=O) groups is 1. The zero-order chi connectivity index (χ0) is 13.8. The van der Waals surface area contributed by atoms with Gasteiger partial charge in [-0.15, -0.1) is 0 Å². The third kappa shape index (κ3) is 3.71. The maximum Gasteiger partial charge on any atom is 0.152 e. The molecule has 0 bridgehead atoms. The van der Waals surface area contributed by atoms with E-state index >= 15 is 0 Å². The molecule has 0 unspecified atom stereocenters. The fourth-order valence-corrected chi connectivity index (χ4v) is 2.96. The molecule has 1 aliphatic rings.